The predicted octanol–water partition coefficient (Wildman–Crippen LogP) is 20.5. The van der Waals surface area contributed by atoms with E-state index in [1.165, 1.54) is 202 Å². The summed E-state index contributed by atoms with van der Waals surface area (Å²) in [4.78, 5) is 5.05. The molecule has 0 aromatic heterocycles. The van der Waals surface area contributed by atoms with E-state index in [0.29, 0.717) is 17.8 Å². The fourth-order valence-electron chi connectivity index (χ4n) is 14.5. The normalized spacial score (nSPS) is 18.3. The molecule has 0 aliphatic heterocycles. The van der Waals surface area contributed by atoms with Gasteiger partial charge in [-0.25, -0.2) is 0 Å². The van der Waals surface area contributed by atoms with Gasteiger partial charge in [0.05, 0.1) is 5.69 Å². The number of hydrogen-bond acceptors (Lipinski definition) is 2. The Morgan fingerprint density at radius 1 is 0.319 bits per heavy atom. The van der Waals surface area contributed by atoms with E-state index in [1.807, 2.05) is 0 Å². The minimum atomic E-state index is -0.219. The second-order valence-corrected chi connectivity index (χ2v) is 23.6. The van der Waals surface area contributed by atoms with Crippen molar-refractivity contribution in [3.8, 4) is 22.3 Å². The molecule has 0 saturated heterocycles. The van der Waals surface area contributed by atoms with Crippen LogP contribution in [-0.4, -0.2) is 0 Å². The Morgan fingerprint density at radius 3 is 1.25 bits per heavy atom. The first-order chi connectivity index (χ1) is 35.2. The van der Waals surface area contributed by atoms with Gasteiger partial charge in [0.15, 0.2) is 0 Å². The Bertz CT molecular complexity index is 3200. The van der Waals surface area contributed by atoms with Gasteiger partial charge in [-0.05, 0) is 202 Å². The summed E-state index contributed by atoms with van der Waals surface area (Å²) < 4.78 is 0. The van der Waals surface area contributed by atoms with Crippen LogP contribution in [-0.2, 0) is 10.8 Å². The lowest BCUT2D eigenvalue weighted by Gasteiger charge is -2.30. The summed E-state index contributed by atoms with van der Waals surface area (Å²) in [5.41, 5.74) is 22.6. The molecule has 3 fully saturated rings. The van der Waals surface area contributed by atoms with Gasteiger partial charge in [0.25, 0.3) is 0 Å². The maximum Gasteiger partial charge on any atom is 0.0543 e. The number of para-hydroxylation sites is 1. The molecule has 13 rings (SSSR count). The van der Waals surface area contributed by atoms with Gasteiger partial charge in [-0.1, -0.05) is 170 Å². The zero-order valence-electron chi connectivity index (χ0n) is 43.3. The highest BCUT2D eigenvalue weighted by Gasteiger charge is 2.43. The standard InChI is InChI=1S/C70H72N2/c1-69(2)63-43-57(71(54-35-29-50(30-36-54)47-19-9-5-10-20-47)55-37-31-51(32-38-55)48-21-11-6-12-22-48)41-42-58(63)61-44-65-62(45-64(61)69)68-60-28-18-17-27-59(60)67(46-66(68)70(65,3)4)72(53-25-15-8-16-26-53)56-39-33-52(34-40-56)49-23-13-7-14-24-49/h8,15-18,25-49H,5-7,9-14,19-24H2,1-4H3. The Labute approximate surface area is 430 Å². The molecular formula is C70H72N2. The van der Waals surface area contributed by atoms with Gasteiger partial charge >= 0.3 is 0 Å². The minimum absolute atomic E-state index is 0.201. The summed E-state index contributed by atoms with van der Waals surface area (Å²) in [6.45, 7) is 9.87. The van der Waals surface area contributed by atoms with Gasteiger partial charge in [0, 0.05) is 44.7 Å². The summed E-state index contributed by atoms with van der Waals surface area (Å²) in [5, 5.41) is 2.61. The zero-order valence-corrected chi connectivity index (χ0v) is 43.3. The van der Waals surface area contributed by atoms with Gasteiger partial charge in [-0.15, -0.1) is 0 Å². The Balaban J connectivity index is 0.897. The van der Waals surface area contributed by atoms with E-state index >= 15 is 0 Å². The second-order valence-electron chi connectivity index (χ2n) is 23.6. The van der Waals surface area contributed by atoms with Crippen molar-refractivity contribution in [3.63, 3.8) is 0 Å². The molecule has 5 aliphatic carbocycles. The summed E-state index contributed by atoms with van der Waals surface area (Å²) in [6.07, 6.45) is 20.1. The van der Waals surface area contributed by atoms with E-state index in [9.17, 15) is 0 Å². The van der Waals surface area contributed by atoms with E-state index in [1.54, 1.807) is 0 Å². The van der Waals surface area contributed by atoms with Crippen LogP contribution in [0.1, 0.15) is 181 Å². The van der Waals surface area contributed by atoms with Crippen LogP contribution in [0.25, 0.3) is 33.0 Å². The third-order valence-electron chi connectivity index (χ3n) is 18.6. The average molecular weight is 941 g/mol. The summed E-state index contributed by atoms with van der Waals surface area (Å²) >= 11 is 0. The SMILES string of the molecule is CC1(C)c2cc(N(c3ccc(C4CCCCC4)cc3)c3ccc(C4CCCCC4)cc3)ccc2-c2cc3c(cc21)-c1c(cc(N(c2ccccc2)c2ccc(C4CCCCC4)cc2)c2ccccc12)C3(C)C. The van der Waals surface area contributed by atoms with Gasteiger partial charge < -0.3 is 9.80 Å². The van der Waals surface area contributed by atoms with Crippen molar-refractivity contribution in [2.75, 3.05) is 9.80 Å². The van der Waals surface area contributed by atoms with Crippen LogP contribution in [0.3, 0.4) is 0 Å². The molecule has 0 bridgehead atoms. The first-order valence-corrected chi connectivity index (χ1v) is 28.1. The maximum absolute atomic E-state index is 2.61. The van der Waals surface area contributed by atoms with Crippen molar-refractivity contribution in [3.05, 3.63) is 203 Å². The van der Waals surface area contributed by atoms with Crippen LogP contribution in [0.2, 0.25) is 0 Å². The summed E-state index contributed by atoms with van der Waals surface area (Å²) in [6, 6.07) is 64.3. The number of anilines is 6. The average Bonchev–Trinajstić information content (AvgIpc) is 3.80. The van der Waals surface area contributed by atoms with Crippen molar-refractivity contribution < 1.29 is 0 Å². The van der Waals surface area contributed by atoms with Gasteiger partial charge in [-0.3, -0.25) is 0 Å². The second kappa shape index (κ2) is 18.3. The molecule has 0 radical (unpaired) electrons. The van der Waals surface area contributed by atoms with E-state index in [2.05, 4.69) is 201 Å². The maximum atomic E-state index is 2.61. The van der Waals surface area contributed by atoms with Crippen LogP contribution in [0, 0.1) is 0 Å². The molecule has 3 saturated carbocycles. The molecule has 2 nitrogen and oxygen atoms in total. The highest BCUT2D eigenvalue weighted by atomic mass is 15.1. The molecule has 0 amide bonds. The van der Waals surface area contributed by atoms with Gasteiger partial charge in [0.1, 0.15) is 0 Å². The third kappa shape index (κ3) is 7.73. The predicted molar refractivity (Wildman–Crippen MR) is 306 cm³/mol. The molecule has 72 heavy (non-hydrogen) atoms. The topological polar surface area (TPSA) is 6.48 Å². The molecule has 362 valence electrons. The van der Waals surface area contributed by atoms with E-state index in [0.717, 1.165) is 0 Å². The van der Waals surface area contributed by atoms with E-state index in [-0.39, 0.29) is 10.8 Å². The number of rotatable bonds is 9. The van der Waals surface area contributed by atoms with Crippen molar-refractivity contribution in [1.82, 2.24) is 0 Å². The Morgan fingerprint density at radius 2 is 0.722 bits per heavy atom. The molecule has 0 N–H and O–H groups in total. The van der Waals surface area contributed by atoms with Crippen LogP contribution >= 0.6 is 0 Å². The smallest absolute Gasteiger partial charge is 0.0543 e. The lowest BCUT2D eigenvalue weighted by molar-refractivity contribution is 0.443. The summed E-state index contributed by atoms with van der Waals surface area (Å²) in [7, 11) is 0. The number of benzene rings is 8. The van der Waals surface area contributed by atoms with Crippen LogP contribution < -0.4 is 9.80 Å². The van der Waals surface area contributed by atoms with Gasteiger partial charge in [0.2, 0.25) is 0 Å². The molecule has 8 aromatic carbocycles. The highest BCUT2D eigenvalue weighted by Crippen LogP contribution is 2.59. The van der Waals surface area contributed by atoms with Crippen molar-refractivity contribution in [2.24, 2.45) is 0 Å². The molecule has 0 atom stereocenters. The van der Waals surface area contributed by atoms with Crippen LogP contribution in [0.15, 0.2) is 164 Å². The number of nitrogens with zero attached hydrogens (tertiary/aromatic N) is 2. The molecule has 0 unspecified atom stereocenters. The minimum Gasteiger partial charge on any atom is -0.310 e. The first kappa shape index (κ1) is 45.5. The number of hydrogen-bond donors (Lipinski definition) is 0. The van der Waals surface area contributed by atoms with Crippen molar-refractivity contribution in [2.45, 2.75) is 153 Å². The first-order valence-electron chi connectivity index (χ1n) is 28.1. The van der Waals surface area contributed by atoms with Crippen LogP contribution in [0.5, 0.6) is 0 Å². The monoisotopic (exact) mass is 941 g/mol. The van der Waals surface area contributed by atoms with Crippen molar-refractivity contribution in [1.29, 1.82) is 0 Å². The van der Waals surface area contributed by atoms with Crippen molar-refractivity contribution >= 4 is 44.9 Å². The molecule has 8 aromatic rings. The Kier molecular flexibility index (Phi) is 11.5. The van der Waals surface area contributed by atoms with Crippen LogP contribution in [0.4, 0.5) is 34.1 Å². The number of fused-ring (bicyclic) bond motifs is 8. The quantitative estimate of drug-likeness (QED) is 0.142. The summed E-state index contributed by atoms with van der Waals surface area (Å²) in [5.74, 6) is 2.05. The Hall–Kier alpha value is -6.38. The molecule has 0 spiro atoms. The third-order valence-corrected chi connectivity index (χ3v) is 18.6. The fourth-order valence-corrected chi connectivity index (χ4v) is 14.5. The van der Waals surface area contributed by atoms with Gasteiger partial charge in [-0.2, -0.15) is 0 Å². The largest absolute Gasteiger partial charge is 0.310 e. The van der Waals surface area contributed by atoms with E-state index in [4.69, 9.17) is 0 Å². The zero-order chi connectivity index (χ0) is 48.6. The molecular weight excluding hydrogens is 869 g/mol. The molecule has 0 heterocycles. The lowest BCUT2D eigenvalue weighted by atomic mass is 9.79. The fraction of sp³-hybridized carbons (Fsp3) is 0.343. The van der Waals surface area contributed by atoms with E-state index < -0.39 is 0 Å². The highest BCUT2D eigenvalue weighted by molar-refractivity contribution is 6.10. The molecule has 2 heteroatoms. The lowest BCUT2D eigenvalue weighted by Crippen LogP contribution is -2.18. The molecule has 5 aliphatic rings.